The van der Waals surface area contributed by atoms with Crippen LogP contribution in [0.25, 0.3) is 10.8 Å². The minimum absolute atomic E-state index is 0.00206. The molecule has 0 aliphatic heterocycles. The smallest absolute Gasteiger partial charge is 0.235 e. The van der Waals surface area contributed by atoms with Crippen LogP contribution in [0.15, 0.2) is 42.5 Å². The largest absolute Gasteiger partial charge is 0.349 e. The Balaban J connectivity index is 2.26. The number of fused-ring (bicyclic) bond motifs is 1. The Hall–Kier alpha value is -1.54. The molecule has 2 aromatic rings. The zero-order valence-electron chi connectivity index (χ0n) is 9.61. The summed E-state index contributed by atoms with van der Waals surface area (Å²) in [7, 11) is 0. The number of carbonyl (C=O) groups is 1. The lowest BCUT2D eigenvalue weighted by Gasteiger charge is -2.14. The molecule has 0 fully saturated rings. The first kappa shape index (κ1) is 11.9. The number of hydrogen-bond acceptors (Lipinski definition) is 1. The molecule has 0 radical (unpaired) electrons. The Bertz CT molecular complexity index is 538. The van der Waals surface area contributed by atoms with Gasteiger partial charge in [-0.15, -0.1) is 11.6 Å². The monoisotopic (exact) mass is 247 g/mol. The minimum Gasteiger partial charge on any atom is -0.349 e. The summed E-state index contributed by atoms with van der Waals surface area (Å²) in [5, 5.41) is 5.22. The molecule has 0 saturated heterocycles. The van der Waals surface area contributed by atoms with Crippen LogP contribution in [0.4, 0.5) is 0 Å². The molecular weight excluding hydrogens is 234 g/mol. The molecule has 1 amide bonds. The van der Waals surface area contributed by atoms with Gasteiger partial charge in [0.05, 0.1) is 6.04 Å². The van der Waals surface area contributed by atoms with Gasteiger partial charge in [-0.3, -0.25) is 4.79 Å². The Morgan fingerprint density at radius 2 is 1.94 bits per heavy atom. The number of rotatable bonds is 3. The van der Waals surface area contributed by atoms with Crippen LogP contribution in [0.1, 0.15) is 18.5 Å². The molecule has 0 heterocycles. The highest BCUT2D eigenvalue weighted by Crippen LogP contribution is 2.20. The van der Waals surface area contributed by atoms with E-state index in [0.717, 1.165) is 5.56 Å². The van der Waals surface area contributed by atoms with Crippen molar-refractivity contribution in [3.8, 4) is 0 Å². The molecule has 0 spiro atoms. The maximum Gasteiger partial charge on any atom is 0.235 e. The summed E-state index contributed by atoms with van der Waals surface area (Å²) in [6.45, 7) is 1.95. The van der Waals surface area contributed by atoms with Gasteiger partial charge in [-0.25, -0.2) is 0 Å². The van der Waals surface area contributed by atoms with Gasteiger partial charge in [-0.05, 0) is 29.3 Å². The van der Waals surface area contributed by atoms with Gasteiger partial charge in [0, 0.05) is 0 Å². The van der Waals surface area contributed by atoms with E-state index in [1.807, 2.05) is 25.1 Å². The fraction of sp³-hybridized carbons (Fsp3) is 0.214. The summed E-state index contributed by atoms with van der Waals surface area (Å²) in [5.41, 5.74) is 1.09. The first-order chi connectivity index (χ1) is 8.20. The predicted octanol–water partition coefficient (Wildman–Crippen LogP) is 3.26. The van der Waals surface area contributed by atoms with Crippen LogP contribution < -0.4 is 5.32 Å². The second-order valence-electron chi connectivity index (χ2n) is 4.03. The number of nitrogens with one attached hydrogen (secondary N) is 1. The van der Waals surface area contributed by atoms with E-state index < -0.39 is 0 Å². The molecule has 3 heteroatoms. The van der Waals surface area contributed by atoms with E-state index in [4.69, 9.17) is 11.6 Å². The Morgan fingerprint density at radius 1 is 1.24 bits per heavy atom. The van der Waals surface area contributed by atoms with E-state index in [9.17, 15) is 4.79 Å². The van der Waals surface area contributed by atoms with E-state index in [-0.39, 0.29) is 17.8 Å². The van der Waals surface area contributed by atoms with Crippen LogP contribution in [0.5, 0.6) is 0 Å². The highest BCUT2D eigenvalue weighted by Gasteiger charge is 2.08. The van der Waals surface area contributed by atoms with Crippen molar-refractivity contribution in [2.45, 2.75) is 13.0 Å². The Kier molecular flexibility index (Phi) is 3.64. The molecule has 2 rings (SSSR count). The molecule has 0 unspecified atom stereocenters. The molecular formula is C14H14ClNO. The van der Waals surface area contributed by atoms with Crippen LogP contribution in [-0.2, 0) is 4.79 Å². The SMILES string of the molecule is C[C@@H](NC(=O)CCl)c1ccc2ccccc2c1. The normalized spacial score (nSPS) is 12.4. The van der Waals surface area contributed by atoms with Gasteiger partial charge >= 0.3 is 0 Å². The summed E-state index contributed by atoms with van der Waals surface area (Å²) < 4.78 is 0. The van der Waals surface area contributed by atoms with Crippen molar-refractivity contribution >= 4 is 28.3 Å². The molecule has 0 aromatic heterocycles. The third-order valence-corrected chi connectivity index (χ3v) is 3.02. The van der Waals surface area contributed by atoms with Gasteiger partial charge in [-0.2, -0.15) is 0 Å². The summed E-state index contributed by atoms with van der Waals surface area (Å²) >= 11 is 5.47. The van der Waals surface area contributed by atoms with E-state index >= 15 is 0 Å². The van der Waals surface area contributed by atoms with Crippen molar-refractivity contribution in [1.82, 2.24) is 5.32 Å². The van der Waals surface area contributed by atoms with Crippen LogP contribution in [0, 0.1) is 0 Å². The zero-order valence-corrected chi connectivity index (χ0v) is 10.4. The number of carbonyl (C=O) groups excluding carboxylic acids is 1. The van der Waals surface area contributed by atoms with E-state index in [1.165, 1.54) is 10.8 Å². The highest BCUT2D eigenvalue weighted by molar-refractivity contribution is 6.27. The fourth-order valence-electron chi connectivity index (χ4n) is 1.84. The maximum absolute atomic E-state index is 11.2. The van der Waals surface area contributed by atoms with Crippen LogP contribution in [-0.4, -0.2) is 11.8 Å². The number of halogens is 1. The van der Waals surface area contributed by atoms with Gasteiger partial charge in [0.1, 0.15) is 5.88 Å². The van der Waals surface area contributed by atoms with Crippen LogP contribution in [0.2, 0.25) is 0 Å². The van der Waals surface area contributed by atoms with Gasteiger partial charge < -0.3 is 5.32 Å². The molecule has 88 valence electrons. The number of alkyl halides is 1. The van der Waals surface area contributed by atoms with Gasteiger partial charge in [0.2, 0.25) is 5.91 Å². The third-order valence-electron chi connectivity index (χ3n) is 2.77. The third kappa shape index (κ3) is 2.77. The Morgan fingerprint density at radius 3 is 2.65 bits per heavy atom. The van der Waals surface area contributed by atoms with Crippen molar-refractivity contribution in [3.63, 3.8) is 0 Å². The van der Waals surface area contributed by atoms with Gasteiger partial charge in [-0.1, -0.05) is 36.4 Å². The lowest BCUT2D eigenvalue weighted by atomic mass is 10.0. The number of benzene rings is 2. The van der Waals surface area contributed by atoms with Crippen molar-refractivity contribution in [2.24, 2.45) is 0 Å². The molecule has 0 saturated carbocycles. The topological polar surface area (TPSA) is 29.1 Å². The maximum atomic E-state index is 11.2. The summed E-state index contributed by atoms with van der Waals surface area (Å²) in [5.74, 6) is -0.148. The molecule has 1 N–H and O–H groups in total. The van der Waals surface area contributed by atoms with Crippen molar-refractivity contribution < 1.29 is 4.79 Å². The molecule has 1 atom stereocenters. The first-order valence-corrected chi connectivity index (χ1v) is 6.08. The standard InChI is InChI=1S/C14H14ClNO/c1-10(16-14(17)9-15)12-7-6-11-4-2-3-5-13(11)8-12/h2-8,10H,9H2,1H3,(H,16,17)/t10-/m1/s1. The molecule has 17 heavy (non-hydrogen) atoms. The summed E-state index contributed by atoms with van der Waals surface area (Å²) in [4.78, 5) is 11.2. The molecule has 0 aliphatic carbocycles. The van der Waals surface area contributed by atoms with Crippen molar-refractivity contribution in [2.75, 3.05) is 5.88 Å². The van der Waals surface area contributed by atoms with Crippen LogP contribution >= 0.6 is 11.6 Å². The van der Waals surface area contributed by atoms with Crippen molar-refractivity contribution in [1.29, 1.82) is 0 Å². The van der Waals surface area contributed by atoms with Gasteiger partial charge in [0.25, 0.3) is 0 Å². The quantitative estimate of drug-likeness (QED) is 0.829. The fourth-order valence-corrected chi connectivity index (χ4v) is 1.92. The van der Waals surface area contributed by atoms with Crippen LogP contribution in [0.3, 0.4) is 0 Å². The van der Waals surface area contributed by atoms with Gasteiger partial charge in [0.15, 0.2) is 0 Å². The second kappa shape index (κ2) is 5.19. The average molecular weight is 248 g/mol. The van der Waals surface area contributed by atoms with E-state index in [0.29, 0.717) is 0 Å². The lowest BCUT2D eigenvalue weighted by Crippen LogP contribution is -2.27. The summed E-state index contributed by atoms with van der Waals surface area (Å²) in [6.07, 6.45) is 0. The number of hydrogen-bond donors (Lipinski definition) is 1. The average Bonchev–Trinajstić information content (AvgIpc) is 2.38. The lowest BCUT2D eigenvalue weighted by molar-refractivity contribution is -0.119. The molecule has 2 nitrogen and oxygen atoms in total. The highest BCUT2D eigenvalue weighted by atomic mass is 35.5. The van der Waals surface area contributed by atoms with E-state index in [1.54, 1.807) is 0 Å². The predicted molar refractivity (Wildman–Crippen MR) is 71.2 cm³/mol. The molecule has 0 aliphatic rings. The molecule has 2 aromatic carbocycles. The minimum atomic E-state index is -0.146. The number of amides is 1. The second-order valence-corrected chi connectivity index (χ2v) is 4.30. The van der Waals surface area contributed by atoms with E-state index in [2.05, 4.69) is 29.6 Å². The summed E-state index contributed by atoms with van der Waals surface area (Å²) in [6, 6.07) is 14.3. The molecule has 0 bridgehead atoms. The Labute approximate surface area is 106 Å². The first-order valence-electron chi connectivity index (χ1n) is 5.55. The zero-order chi connectivity index (χ0) is 12.3. The van der Waals surface area contributed by atoms with Crippen molar-refractivity contribution in [3.05, 3.63) is 48.0 Å².